The molecule has 3 heterocycles. The van der Waals surface area contributed by atoms with Crippen molar-refractivity contribution < 1.29 is 8.94 Å². The molecule has 0 bridgehead atoms. The molecule has 0 amide bonds. The first-order valence-electron chi connectivity index (χ1n) is 4.96. The minimum absolute atomic E-state index is 0.486. The van der Waals surface area contributed by atoms with Crippen LogP contribution in [0.1, 0.15) is 5.56 Å². The molecule has 3 rings (SSSR count). The van der Waals surface area contributed by atoms with Gasteiger partial charge in [-0.3, -0.25) is 0 Å². The van der Waals surface area contributed by atoms with E-state index >= 15 is 0 Å². The number of anilines is 1. The van der Waals surface area contributed by atoms with Crippen LogP contribution in [0.3, 0.4) is 0 Å². The van der Waals surface area contributed by atoms with Gasteiger partial charge in [0.1, 0.15) is 6.26 Å². The third-order valence-electron chi connectivity index (χ3n) is 2.34. The van der Waals surface area contributed by atoms with Crippen molar-refractivity contribution in [1.29, 1.82) is 0 Å². The number of nitrogens with two attached hydrogens (primary N) is 1. The second-order valence-corrected chi connectivity index (χ2v) is 4.68. The number of rotatable bonds is 2. The average Bonchev–Trinajstić information content (AvgIpc) is 2.97. The van der Waals surface area contributed by atoms with Gasteiger partial charge in [0.15, 0.2) is 0 Å². The number of nitrogens with zero attached hydrogens (tertiary/aromatic N) is 2. The summed E-state index contributed by atoms with van der Waals surface area (Å²) in [5.74, 6) is 1.00. The van der Waals surface area contributed by atoms with E-state index in [0.717, 1.165) is 21.0 Å². The molecule has 0 atom stereocenters. The van der Waals surface area contributed by atoms with Crippen molar-refractivity contribution >= 4 is 16.3 Å². The van der Waals surface area contributed by atoms with Crippen LogP contribution in [0.2, 0.25) is 0 Å². The van der Waals surface area contributed by atoms with Crippen molar-refractivity contribution in [2.24, 2.45) is 0 Å². The molecule has 6 heteroatoms. The molecule has 3 aromatic rings. The third-order valence-corrected chi connectivity index (χ3v) is 3.39. The summed E-state index contributed by atoms with van der Waals surface area (Å²) in [5, 5.41) is 4.64. The summed E-state index contributed by atoms with van der Waals surface area (Å²) >= 11 is 1.44. The van der Waals surface area contributed by atoms with Gasteiger partial charge < -0.3 is 14.7 Å². The standard InChI is InChI=1S/C11H9N3O2S/c1-6-4-8(12)17-9(6)11-13-10(14-16-11)7-2-3-15-5-7/h2-5H,12H2,1H3. The number of thiophene rings is 1. The van der Waals surface area contributed by atoms with Crippen molar-refractivity contribution in [3.05, 3.63) is 30.2 Å². The molecule has 3 aromatic heterocycles. The molecule has 0 fully saturated rings. The molecular weight excluding hydrogens is 238 g/mol. The van der Waals surface area contributed by atoms with E-state index in [0.29, 0.717) is 11.7 Å². The predicted molar refractivity (Wildman–Crippen MR) is 64.5 cm³/mol. The molecule has 0 aromatic carbocycles. The van der Waals surface area contributed by atoms with E-state index in [9.17, 15) is 0 Å². The molecular formula is C11H9N3O2S. The van der Waals surface area contributed by atoms with Crippen LogP contribution in [0.5, 0.6) is 0 Å². The van der Waals surface area contributed by atoms with Crippen LogP contribution < -0.4 is 5.73 Å². The van der Waals surface area contributed by atoms with Crippen molar-refractivity contribution in [2.45, 2.75) is 6.92 Å². The minimum atomic E-state index is 0.486. The maximum Gasteiger partial charge on any atom is 0.268 e. The first kappa shape index (κ1) is 10.1. The van der Waals surface area contributed by atoms with Gasteiger partial charge >= 0.3 is 0 Å². The molecule has 0 aliphatic rings. The van der Waals surface area contributed by atoms with Crippen molar-refractivity contribution in [1.82, 2.24) is 10.1 Å². The van der Waals surface area contributed by atoms with Gasteiger partial charge in [0.2, 0.25) is 5.82 Å². The Morgan fingerprint density at radius 2 is 2.29 bits per heavy atom. The molecule has 86 valence electrons. The number of aromatic nitrogens is 2. The maximum absolute atomic E-state index is 5.73. The molecule has 2 N–H and O–H groups in total. The Morgan fingerprint density at radius 3 is 2.94 bits per heavy atom. The molecule has 0 saturated heterocycles. The Labute approximate surface area is 101 Å². The first-order chi connectivity index (χ1) is 8.24. The van der Waals surface area contributed by atoms with E-state index in [1.54, 1.807) is 18.6 Å². The van der Waals surface area contributed by atoms with Crippen LogP contribution in [0.15, 0.2) is 33.6 Å². The molecule has 0 spiro atoms. The lowest BCUT2D eigenvalue weighted by molar-refractivity contribution is 0.433. The van der Waals surface area contributed by atoms with Gasteiger partial charge in [0.05, 0.1) is 21.7 Å². The van der Waals surface area contributed by atoms with Gasteiger partial charge in [-0.25, -0.2) is 0 Å². The Hall–Kier alpha value is -2.08. The van der Waals surface area contributed by atoms with E-state index in [-0.39, 0.29) is 0 Å². The fourth-order valence-electron chi connectivity index (χ4n) is 1.54. The zero-order valence-electron chi connectivity index (χ0n) is 9.01. The lowest BCUT2D eigenvalue weighted by Gasteiger charge is -1.88. The van der Waals surface area contributed by atoms with Gasteiger partial charge in [0, 0.05) is 0 Å². The third kappa shape index (κ3) is 1.72. The second-order valence-electron chi connectivity index (χ2n) is 3.60. The lowest BCUT2D eigenvalue weighted by atomic mass is 10.3. The highest BCUT2D eigenvalue weighted by molar-refractivity contribution is 7.19. The van der Waals surface area contributed by atoms with Crippen LogP contribution in [-0.4, -0.2) is 10.1 Å². The number of aryl methyl sites for hydroxylation is 1. The summed E-state index contributed by atoms with van der Waals surface area (Å²) in [7, 11) is 0. The van der Waals surface area contributed by atoms with E-state index in [1.807, 2.05) is 13.0 Å². The van der Waals surface area contributed by atoms with Gasteiger partial charge in [-0.05, 0) is 24.6 Å². The average molecular weight is 247 g/mol. The Kier molecular flexibility index (Phi) is 2.22. The Balaban J connectivity index is 2.03. The van der Waals surface area contributed by atoms with E-state index < -0.39 is 0 Å². The normalized spacial score (nSPS) is 10.9. The van der Waals surface area contributed by atoms with Gasteiger partial charge in [0.25, 0.3) is 5.89 Å². The van der Waals surface area contributed by atoms with E-state index in [4.69, 9.17) is 14.7 Å². The number of hydrogen-bond acceptors (Lipinski definition) is 6. The molecule has 0 aliphatic heterocycles. The van der Waals surface area contributed by atoms with Gasteiger partial charge in [-0.2, -0.15) is 4.98 Å². The summed E-state index contributed by atoms with van der Waals surface area (Å²) < 4.78 is 10.2. The first-order valence-corrected chi connectivity index (χ1v) is 5.78. The summed E-state index contributed by atoms with van der Waals surface area (Å²) in [6.07, 6.45) is 3.14. The van der Waals surface area contributed by atoms with E-state index in [1.165, 1.54) is 11.3 Å². The summed E-state index contributed by atoms with van der Waals surface area (Å²) in [4.78, 5) is 5.22. The summed E-state index contributed by atoms with van der Waals surface area (Å²) in [6.45, 7) is 1.96. The van der Waals surface area contributed by atoms with Gasteiger partial charge in [-0.1, -0.05) is 5.16 Å². The maximum atomic E-state index is 5.73. The van der Waals surface area contributed by atoms with Crippen LogP contribution in [-0.2, 0) is 0 Å². The fraction of sp³-hybridized carbons (Fsp3) is 0.0909. The molecule has 0 unspecified atom stereocenters. The van der Waals surface area contributed by atoms with Crippen molar-refractivity contribution in [2.75, 3.05) is 5.73 Å². The summed E-state index contributed by atoms with van der Waals surface area (Å²) in [5.41, 5.74) is 7.56. The Bertz CT molecular complexity index is 640. The highest BCUT2D eigenvalue weighted by Gasteiger charge is 2.15. The molecule has 5 nitrogen and oxygen atoms in total. The molecule has 0 radical (unpaired) electrons. The molecule has 0 saturated carbocycles. The van der Waals surface area contributed by atoms with Crippen molar-refractivity contribution in [3.8, 4) is 22.2 Å². The largest absolute Gasteiger partial charge is 0.472 e. The SMILES string of the molecule is Cc1cc(N)sc1-c1nc(-c2ccoc2)no1. The number of hydrogen-bond donors (Lipinski definition) is 1. The van der Waals surface area contributed by atoms with Crippen LogP contribution >= 0.6 is 11.3 Å². The van der Waals surface area contributed by atoms with Gasteiger partial charge in [-0.15, -0.1) is 11.3 Å². The smallest absolute Gasteiger partial charge is 0.268 e. The number of furan rings is 1. The lowest BCUT2D eigenvalue weighted by Crippen LogP contribution is -1.77. The highest BCUT2D eigenvalue weighted by Crippen LogP contribution is 2.33. The Morgan fingerprint density at radius 1 is 1.41 bits per heavy atom. The zero-order chi connectivity index (χ0) is 11.8. The predicted octanol–water partition coefficient (Wildman–Crippen LogP) is 2.95. The molecule has 0 aliphatic carbocycles. The fourth-order valence-corrected chi connectivity index (χ4v) is 2.41. The minimum Gasteiger partial charge on any atom is -0.472 e. The van der Waals surface area contributed by atoms with Crippen LogP contribution in [0.4, 0.5) is 5.00 Å². The molecule has 17 heavy (non-hydrogen) atoms. The monoisotopic (exact) mass is 247 g/mol. The van der Waals surface area contributed by atoms with E-state index in [2.05, 4.69) is 10.1 Å². The van der Waals surface area contributed by atoms with Crippen LogP contribution in [0.25, 0.3) is 22.2 Å². The summed E-state index contributed by atoms with van der Waals surface area (Å²) in [6, 6.07) is 3.67. The zero-order valence-corrected chi connectivity index (χ0v) is 9.82. The number of nitrogen functional groups attached to an aromatic ring is 1. The topological polar surface area (TPSA) is 78.1 Å². The quantitative estimate of drug-likeness (QED) is 0.753. The van der Waals surface area contributed by atoms with Crippen LogP contribution in [0, 0.1) is 6.92 Å². The second kappa shape index (κ2) is 3.74. The van der Waals surface area contributed by atoms with Crippen molar-refractivity contribution in [3.63, 3.8) is 0 Å². The highest BCUT2D eigenvalue weighted by atomic mass is 32.1.